The molecule has 5 aromatic rings. The maximum Gasteiger partial charge on any atom is 0.354 e. The Morgan fingerprint density at radius 3 is 1.06 bits per heavy atom. The van der Waals surface area contributed by atoms with Gasteiger partial charge in [0.2, 0.25) is 0 Å². The fraction of sp³-hybridized carbons (Fsp3) is 0.421. The molecule has 0 saturated carbocycles. The predicted octanol–water partition coefficient (Wildman–Crippen LogP) is 7.49. The summed E-state index contributed by atoms with van der Waals surface area (Å²) < 4.78 is 11.3. The van der Waals surface area contributed by atoms with Gasteiger partial charge in [0.15, 0.2) is 0 Å². The van der Waals surface area contributed by atoms with E-state index in [0.29, 0.717) is 12.8 Å². The Balaban J connectivity index is 1.40. The Bertz CT molecular complexity index is 1720. The van der Waals surface area contributed by atoms with Gasteiger partial charge in [-0.3, -0.25) is 0 Å². The molecule has 0 unspecified atom stereocenters. The third-order valence-corrected chi connectivity index (χ3v) is 11.0. The summed E-state index contributed by atoms with van der Waals surface area (Å²) in [6.45, 7) is 13.9. The van der Waals surface area contributed by atoms with Crippen molar-refractivity contribution in [2.75, 3.05) is 13.2 Å². The number of carbonyl (C=O) groups excluding carboxylic acids is 2. The number of aromatic nitrogens is 5. The van der Waals surface area contributed by atoms with Crippen LogP contribution in [0.25, 0.3) is 0 Å². The van der Waals surface area contributed by atoms with E-state index in [1.807, 2.05) is 0 Å². The van der Waals surface area contributed by atoms with E-state index in [1.165, 1.54) is 0 Å². The number of hydrogen-bond donors (Lipinski definition) is 5. The maximum absolute atomic E-state index is 12.9. The van der Waals surface area contributed by atoms with Crippen LogP contribution in [0.1, 0.15) is 134 Å². The van der Waals surface area contributed by atoms with Gasteiger partial charge in [-0.25, -0.2) is 9.59 Å². The van der Waals surface area contributed by atoms with Gasteiger partial charge in [0.25, 0.3) is 0 Å². The van der Waals surface area contributed by atoms with Crippen LogP contribution in [0.15, 0.2) is 60.7 Å². The van der Waals surface area contributed by atoms with Crippen molar-refractivity contribution in [1.82, 2.24) is 24.9 Å². The molecule has 0 fully saturated rings. The first-order valence-electron chi connectivity index (χ1n) is 16.7. The van der Waals surface area contributed by atoms with Gasteiger partial charge < -0.3 is 34.4 Å². The van der Waals surface area contributed by atoms with Crippen molar-refractivity contribution in [3.63, 3.8) is 0 Å². The fourth-order valence-electron chi connectivity index (χ4n) is 7.42. The van der Waals surface area contributed by atoms with Crippen molar-refractivity contribution in [2.45, 2.75) is 88.9 Å². The van der Waals surface area contributed by atoms with E-state index in [2.05, 4.69) is 115 Å². The number of hydrogen-bond acceptors (Lipinski definition) is 4. The molecule has 12 bridgehead atoms. The average molecular weight is 636 g/mol. The first-order chi connectivity index (χ1) is 22.3. The lowest BCUT2D eigenvalue weighted by atomic mass is 9.79. The van der Waals surface area contributed by atoms with Gasteiger partial charge in [-0.1, -0.05) is 0 Å². The summed E-state index contributed by atoms with van der Waals surface area (Å²) in [4.78, 5) is 44.0. The Hall–Kier alpha value is -4.66. The second kappa shape index (κ2) is 11.0. The molecule has 47 heavy (non-hydrogen) atoms. The van der Waals surface area contributed by atoms with Crippen molar-refractivity contribution in [3.8, 4) is 0 Å². The highest BCUT2D eigenvalue weighted by Crippen LogP contribution is 2.43. The van der Waals surface area contributed by atoms with E-state index in [0.717, 1.165) is 58.4 Å². The monoisotopic (exact) mass is 635 g/mol. The zero-order valence-corrected chi connectivity index (χ0v) is 28.1. The highest BCUT2D eigenvalue weighted by molar-refractivity contribution is 5.92. The molecule has 8 rings (SSSR count). The second-order valence-corrected chi connectivity index (χ2v) is 14.8. The quantitative estimate of drug-likeness (QED) is 0.113. The van der Waals surface area contributed by atoms with E-state index >= 15 is 0 Å². The lowest BCUT2D eigenvalue weighted by Crippen LogP contribution is -2.29. The highest BCUT2D eigenvalue weighted by atomic mass is 16.5. The lowest BCUT2D eigenvalue weighted by Gasteiger charge is -2.31. The lowest BCUT2D eigenvalue weighted by molar-refractivity contribution is 0.0482. The second-order valence-electron chi connectivity index (χ2n) is 14.8. The Kier molecular flexibility index (Phi) is 7.22. The SMILES string of the molecule is CC1(C)c2ccc([nH]2)C2(C)CCCOC(=O)c3ccc([nH]3)C(=O)OCCCC(C)(c3ccc1[nH]3)c1ccc([nH]1)C(C)(C)c1ccc2[nH]1. The van der Waals surface area contributed by atoms with Crippen molar-refractivity contribution < 1.29 is 19.1 Å². The van der Waals surface area contributed by atoms with Crippen LogP contribution in [0, 0.1) is 0 Å². The molecule has 246 valence electrons. The first-order valence-corrected chi connectivity index (χ1v) is 16.7. The molecule has 0 amide bonds. The molecule has 0 aromatic carbocycles. The largest absolute Gasteiger partial charge is 0.461 e. The topological polar surface area (TPSA) is 132 Å². The Morgan fingerprint density at radius 1 is 0.447 bits per heavy atom. The van der Waals surface area contributed by atoms with Crippen LogP contribution in [0.4, 0.5) is 0 Å². The van der Waals surface area contributed by atoms with Crippen molar-refractivity contribution >= 4 is 11.9 Å². The first kappa shape index (κ1) is 31.0. The van der Waals surface area contributed by atoms with Gasteiger partial charge in [-0.05, 0) is 128 Å². The summed E-state index contributed by atoms with van der Waals surface area (Å²) >= 11 is 0. The van der Waals surface area contributed by atoms with Crippen LogP contribution in [0.3, 0.4) is 0 Å². The molecule has 5 N–H and O–H groups in total. The maximum atomic E-state index is 12.9. The number of fused-ring (bicyclic) bond motifs is 8. The van der Waals surface area contributed by atoms with Crippen LogP contribution in [-0.4, -0.2) is 50.1 Å². The summed E-state index contributed by atoms with van der Waals surface area (Å²) in [6, 6.07) is 20.7. The predicted molar refractivity (Wildman–Crippen MR) is 180 cm³/mol. The number of rotatable bonds is 0. The summed E-state index contributed by atoms with van der Waals surface area (Å²) in [7, 11) is 0. The third-order valence-electron chi connectivity index (χ3n) is 11.0. The minimum Gasteiger partial charge on any atom is -0.461 e. The van der Waals surface area contributed by atoms with Gasteiger partial charge >= 0.3 is 11.9 Å². The minimum absolute atomic E-state index is 0.231. The molecule has 0 atom stereocenters. The summed E-state index contributed by atoms with van der Waals surface area (Å²) in [5.41, 5.74) is 7.76. The standard InChI is InChI=1S/C38H45N5O4/c1-35(2)25-11-15-29(40-25)37(5)19-7-21-46-33(44)23-9-10-24(39-23)34(45)47-22-8-20-38(6,30-16-12-26(35)41-30)32-18-14-28(43-32)36(3,4)27-13-17-31(37)42-27/h9-18,39-43H,7-8,19-22H2,1-6H3. The van der Waals surface area contributed by atoms with Crippen LogP contribution in [0.5, 0.6) is 0 Å². The average Bonchev–Trinajstić information content (AvgIpc) is 3.87. The summed E-state index contributed by atoms with van der Waals surface area (Å²) in [5, 5.41) is 0. The molecule has 3 aliphatic heterocycles. The van der Waals surface area contributed by atoms with Crippen molar-refractivity contribution in [2.24, 2.45) is 0 Å². The summed E-state index contributed by atoms with van der Waals surface area (Å²) in [6.07, 6.45) is 2.71. The number of ether oxygens (including phenoxy) is 2. The van der Waals surface area contributed by atoms with E-state index in [9.17, 15) is 9.59 Å². The number of aromatic amines is 5. The Morgan fingerprint density at radius 2 is 0.745 bits per heavy atom. The van der Waals surface area contributed by atoms with Crippen LogP contribution >= 0.6 is 0 Å². The van der Waals surface area contributed by atoms with Gasteiger partial charge in [0.1, 0.15) is 11.4 Å². The normalized spacial score (nSPS) is 24.4. The van der Waals surface area contributed by atoms with E-state index in [4.69, 9.17) is 9.47 Å². The molecule has 3 aliphatic rings. The number of carbonyl (C=O) groups is 2. The molecule has 0 radical (unpaired) electrons. The highest BCUT2D eigenvalue weighted by Gasteiger charge is 2.39. The zero-order chi connectivity index (χ0) is 33.2. The van der Waals surface area contributed by atoms with Crippen LogP contribution in [-0.2, 0) is 31.1 Å². The molecule has 0 saturated heterocycles. The number of H-pyrrole nitrogens is 5. The molecule has 0 aliphatic carbocycles. The Labute approximate surface area is 275 Å². The van der Waals surface area contributed by atoms with Gasteiger partial charge in [0.05, 0.1) is 13.2 Å². The van der Waals surface area contributed by atoms with Gasteiger partial charge in [0, 0.05) is 67.2 Å². The molecule has 5 aromatic heterocycles. The molecule has 0 spiro atoms. The summed E-state index contributed by atoms with van der Waals surface area (Å²) in [5.74, 6) is -0.986. The van der Waals surface area contributed by atoms with E-state index in [1.54, 1.807) is 12.1 Å². The van der Waals surface area contributed by atoms with Gasteiger partial charge in [-0.15, -0.1) is 0 Å². The van der Waals surface area contributed by atoms with E-state index in [-0.39, 0.29) is 35.4 Å². The number of nitrogens with one attached hydrogen (secondary N) is 5. The molecule has 9 heteroatoms. The molecule has 9 nitrogen and oxygen atoms in total. The molecular formula is C38H45N5O4. The third kappa shape index (κ3) is 5.07. The zero-order valence-electron chi connectivity index (χ0n) is 28.1. The van der Waals surface area contributed by atoms with Crippen LogP contribution in [0.2, 0.25) is 0 Å². The van der Waals surface area contributed by atoms with Crippen molar-refractivity contribution in [1.29, 1.82) is 0 Å². The van der Waals surface area contributed by atoms with Crippen molar-refractivity contribution in [3.05, 3.63) is 118 Å². The smallest absolute Gasteiger partial charge is 0.354 e. The molecular weight excluding hydrogens is 590 g/mol. The van der Waals surface area contributed by atoms with Gasteiger partial charge in [-0.2, -0.15) is 0 Å². The van der Waals surface area contributed by atoms with E-state index < -0.39 is 22.8 Å². The fourth-order valence-corrected chi connectivity index (χ4v) is 7.42. The number of esters is 2. The molecule has 8 heterocycles. The minimum atomic E-state index is -0.493. The van der Waals surface area contributed by atoms with Crippen LogP contribution < -0.4 is 0 Å².